The molecule has 2 fully saturated rings. The van der Waals surface area contributed by atoms with Crippen LogP contribution in [0.5, 0.6) is 0 Å². The van der Waals surface area contributed by atoms with Crippen LogP contribution in [-0.2, 0) is 14.3 Å². The Kier molecular flexibility index (Phi) is 3.85. The van der Waals surface area contributed by atoms with Crippen molar-refractivity contribution in [2.24, 2.45) is 5.92 Å². The lowest BCUT2D eigenvalue weighted by Crippen LogP contribution is -2.61. The molecule has 7 atom stereocenters. The van der Waals surface area contributed by atoms with Crippen LogP contribution in [-0.4, -0.2) is 81.3 Å². The van der Waals surface area contributed by atoms with Crippen LogP contribution < -0.4 is 0 Å². The van der Waals surface area contributed by atoms with Gasteiger partial charge in [0.2, 0.25) is 0 Å². The molecule has 18 heavy (non-hydrogen) atoms. The molecule has 1 unspecified atom stereocenters. The molecule has 0 bridgehead atoms. The molecular formula is C10H16O8. The largest absolute Gasteiger partial charge is 0.463 e. The molecule has 8 nitrogen and oxygen atoms in total. The molecule has 8 heteroatoms. The van der Waals surface area contributed by atoms with Gasteiger partial charge in [0.25, 0.3) is 0 Å². The number of cyclic esters (lactones) is 1. The van der Waals surface area contributed by atoms with Crippen LogP contribution in [0.15, 0.2) is 0 Å². The summed E-state index contributed by atoms with van der Waals surface area (Å²) >= 11 is 0. The van der Waals surface area contributed by atoms with E-state index in [-0.39, 0.29) is 6.61 Å². The van der Waals surface area contributed by atoms with Gasteiger partial charge in [-0.3, -0.25) is 4.79 Å². The minimum absolute atomic E-state index is 0.210. The Bertz CT molecular complexity index is 319. The second kappa shape index (κ2) is 5.08. The third-order valence-electron chi connectivity index (χ3n) is 3.37. The summed E-state index contributed by atoms with van der Waals surface area (Å²) in [6.07, 6.45) is -8.09. The van der Waals surface area contributed by atoms with Crippen molar-refractivity contribution in [1.82, 2.24) is 0 Å². The summed E-state index contributed by atoms with van der Waals surface area (Å²) in [5.74, 6) is -1.89. The fraction of sp³-hybridized carbons (Fsp3) is 0.900. The molecule has 0 aromatic carbocycles. The van der Waals surface area contributed by atoms with Gasteiger partial charge in [-0.25, -0.2) is 0 Å². The zero-order valence-corrected chi connectivity index (χ0v) is 9.42. The van der Waals surface area contributed by atoms with Crippen LogP contribution in [0, 0.1) is 5.92 Å². The van der Waals surface area contributed by atoms with Crippen molar-refractivity contribution in [3.8, 4) is 0 Å². The average molecular weight is 264 g/mol. The number of aliphatic hydroxyl groups is 5. The maximum absolute atomic E-state index is 11.4. The highest BCUT2D eigenvalue weighted by molar-refractivity contribution is 5.76. The third-order valence-corrected chi connectivity index (χ3v) is 3.37. The Morgan fingerprint density at radius 2 is 1.78 bits per heavy atom. The highest BCUT2D eigenvalue weighted by Gasteiger charge is 2.52. The minimum atomic E-state index is -1.57. The van der Waals surface area contributed by atoms with Crippen LogP contribution >= 0.6 is 0 Å². The molecule has 0 saturated carbocycles. The maximum atomic E-state index is 11.4. The van der Waals surface area contributed by atoms with Gasteiger partial charge in [0.15, 0.2) is 0 Å². The van der Waals surface area contributed by atoms with Crippen molar-refractivity contribution in [2.45, 2.75) is 36.6 Å². The number of hydrogen-bond donors (Lipinski definition) is 5. The van der Waals surface area contributed by atoms with E-state index in [2.05, 4.69) is 4.74 Å². The van der Waals surface area contributed by atoms with Gasteiger partial charge in [-0.1, -0.05) is 0 Å². The number of carbonyl (C=O) groups is 1. The van der Waals surface area contributed by atoms with Crippen LogP contribution in [0.1, 0.15) is 0 Å². The minimum Gasteiger partial charge on any atom is -0.463 e. The number of aliphatic hydroxyl groups excluding tert-OH is 5. The van der Waals surface area contributed by atoms with Gasteiger partial charge in [0.05, 0.1) is 6.61 Å². The number of carbonyl (C=O) groups excluding carboxylic acids is 1. The number of esters is 1. The second-order valence-corrected chi connectivity index (χ2v) is 4.52. The summed E-state index contributed by atoms with van der Waals surface area (Å²) in [6, 6.07) is 0. The average Bonchev–Trinajstić information content (AvgIpc) is 2.67. The Hall–Kier alpha value is -0.770. The summed E-state index contributed by atoms with van der Waals surface area (Å²) < 4.78 is 9.81. The standard InChI is InChI=1S/C10H16O8/c11-1-4-6(13)7(14)8(15)9(18-4)5-3(12)2-17-10(5)16/h3-9,11-15H,1-2H2/t3?,4-,5-,6-,7+,8-,9+/m1/s1. The van der Waals surface area contributed by atoms with Crippen LogP contribution in [0.3, 0.4) is 0 Å². The van der Waals surface area contributed by atoms with E-state index in [0.717, 1.165) is 0 Å². The quantitative estimate of drug-likeness (QED) is 0.322. The molecule has 0 amide bonds. The van der Waals surface area contributed by atoms with Crippen LogP contribution in [0.4, 0.5) is 0 Å². The smallest absolute Gasteiger partial charge is 0.314 e. The van der Waals surface area contributed by atoms with E-state index in [1.54, 1.807) is 0 Å². The van der Waals surface area contributed by atoms with Crippen molar-refractivity contribution < 1.29 is 39.8 Å². The first-order valence-electron chi connectivity index (χ1n) is 5.62. The van der Waals surface area contributed by atoms with E-state index in [1.807, 2.05) is 0 Å². The van der Waals surface area contributed by atoms with E-state index >= 15 is 0 Å². The molecule has 104 valence electrons. The first-order valence-corrected chi connectivity index (χ1v) is 5.62. The van der Waals surface area contributed by atoms with Crippen molar-refractivity contribution >= 4 is 5.97 Å². The predicted octanol–water partition coefficient (Wildman–Crippen LogP) is -3.64. The maximum Gasteiger partial charge on any atom is 0.314 e. The molecule has 2 rings (SSSR count). The summed E-state index contributed by atoms with van der Waals surface area (Å²) in [6.45, 7) is -0.794. The number of rotatable bonds is 2. The van der Waals surface area contributed by atoms with Crippen molar-refractivity contribution in [3.63, 3.8) is 0 Å². The van der Waals surface area contributed by atoms with Gasteiger partial charge in [-0.2, -0.15) is 0 Å². The molecule has 5 N–H and O–H groups in total. The Labute approximate surface area is 102 Å². The van der Waals surface area contributed by atoms with E-state index in [0.29, 0.717) is 0 Å². The van der Waals surface area contributed by atoms with Crippen molar-refractivity contribution in [3.05, 3.63) is 0 Å². The molecule has 2 aliphatic rings. The lowest BCUT2D eigenvalue weighted by molar-refractivity contribution is -0.244. The number of hydrogen-bond acceptors (Lipinski definition) is 8. The SMILES string of the molecule is O=C1OCC(O)[C@@H]1[C@@H]1O[C@H](CO)[C@@H](O)[C@H](O)[C@H]1O. The van der Waals surface area contributed by atoms with Gasteiger partial charge in [0.1, 0.15) is 49.1 Å². The molecule has 0 radical (unpaired) electrons. The van der Waals surface area contributed by atoms with Gasteiger partial charge in [-0.15, -0.1) is 0 Å². The van der Waals surface area contributed by atoms with Gasteiger partial charge < -0.3 is 35.0 Å². The molecule has 0 aromatic heterocycles. The number of ether oxygens (including phenoxy) is 2. The molecule has 0 aromatic rings. The molecular weight excluding hydrogens is 248 g/mol. The van der Waals surface area contributed by atoms with E-state index in [4.69, 9.17) is 9.84 Å². The molecule has 2 saturated heterocycles. The first kappa shape index (κ1) is 13.7. The zero-order chi connectivity index (χ0) is 13.4. The Balaban J connectivity index is 2.19. The normalized spacial score (nSPS) is 49.2. The lowest BCUT2D eigenvalue weighted by atomic mass is 9.86. The monoisotopic (exact) mass is 264 g/mol. The highest BCUT2D eigenvalue weighted by atomic mass is 16.6. The molecule has 0 spiro atoms. The Morgan fingerprint density at radius 1 is 1.11 bits per heavy atom. The van der Waals surface area contributed by atoms with Gasteiger partial charge in [-0.05, 0) is 0 Å². The predicted molar refractivity (Wildman–Crippen MR) is 54.2 cm³/mol. The van der Waals surface area contributed by atoms with E-state index < -0.39 is 55.1 Å². The second-order valence-electron chi connectivity index (χ2n) is 4.52. The highest BCUT2D eigenvalue weighted by Crippen LogP contribution is 2.31. The van der Waals surface area contributed by atoms with Crippen molar-refractivity contribution in [2.75, 3.05) is 13.2 Å². The van der Waals surface area contributed by atoms with E-state index in [1.165, 1.54) is 0 Å². The van der Waals surface area contributed by atoms with Crippen LogP contribution in [0.2, 0.25) is 0 Å². The van der Waals surface area contributed by atoms with Crippen LogP contribution in [0.25, 0.3) is 0 Å². The first-order chi connectivity index (χ1) is 8.47. The molecule has 0 aliphatic carbocycles. The lowest BCUT2D eigenvalue weighted by Gasteiger charge is -2.41. The zero-order valence-electron chi connectivity index (χ0n) is 9.42. The molecule has 2 aliphatic heterocycles. The summed E-state index contributed by atoms with van der Waals surface area (Å²) in [5.41, 5.74) is 0. The molecule has 2 heterocycles. The van der Waals surface area contributed by atoms with Gasteiger partial charge >= 0.3 is 5.97 Å². The van der Waals surface area contributed by atoms with E-state index in [9.17, 15) is 25.2 Å². The van der Waals surface area contributed by atoms with Gasteiger partial charge in [0, 0.05) is 0 Å². The summed E-state index contributed by atoms with van der Waals surface area (Å²) in [4.78, 5) is 11.4. The Morgan fingerprint density at radius 3 is 2.28 bits per heavy atom. The third kappa shape index (κ3) is 2.11. The fourth-order valence-electron chi connectivity index (χ4n) is 2.30. The summed E-state index contributed by atoms with van der Waals surface area (Å²) in [7, 11) is 0. The van der Waals surface area contributed by atoms with Crippen molar-refractivity contribution in [1.29, 1.82) is 0 Å². The summed E-state index contributed by atoms with van der Waals surface area (Å²) in [5, 5.41) is 47.5. The fourth-order valence-corrected chi connectivity index (χ4v) is 2.30. The topological polar surface area (TPSA) is 137 Å².